The molecule has 1 aliphatic rings. The maximum absolute atomic E-state index is 12.5. The molecule has 2 unspecified atom stereocenters. The van der Waals surface area contributed by atoms with Gasteiger partial charge in [0.25, 0.3) is 0 Å². The largest absolute Gasteiger partial charge is 0.321 e. The third-order valence-corrected chi connectivity index (χ3v) is 3.62. The number of carbonyl (C=O) groups excluding carboxylic acids is 1. The Kier molecular flexibility index (Phi) is 6.07. The number of piperidine rings is 1. The lowest BCUT2D eigenvalue weighted by molar-refractivity contribution is 0.0849. The second-order valence-corrected chi connectivity index (χ2v) is 6.44. The molecule has 0 spiro atoms. The quantitative estimate of drug-likeness (QED) is 0.720. The van der Waals surface area contributed by atoms with Gasteiger partial charge in [0, 0.05) is 26.2 Å². The van der Waals surface area contributed by atoms with Crippen LogP contribution in [0.15, 0.2) is 0 Å². The monoisotopic (exact) mass is 270 g/mol. The van der Waals surface area contributed by atoms with Crippen LogP contribution in [0.2, 0.25) is 0 Å². The summed E-state index contributed by atoms with van der Waals surface area (Å²) in [5, 5.41) is 0. The van der Waals surface area contributed by atoms with Crippen molar-refractivity contribution in [3.05, 3.63) is 0 Å². The Morgan fingerprint density at radius 3 is 2.32 bits per heavy atom. The highest BCUT2D eigenvalue weighted by molar-refractivity contribution is 5.74. The van der Waals surface area contributed by atoms with Gasteiger partial charge in [-0.3, -0.25) is 4.90 Å². The molecule has 0 aliphatic carbocycles. The summed E-state index contributed by atoms with van der Waals surface area (Å²) < 4.78 is 0. The number of urea groups is 1. The molecule has 1 fully saturated rings. The van der Waals surface area contributed by atoms with Crippen LogP contribution in [-0.2, 0) is 0 Å². The van der Waals surface area contributed by atoms with Gasteiger partial charge in [-0.05, 0) is 47.0 Å². The van der Waals surface area contributed by atoms with E-state index in [1.165, 1.54) is 0 Å². The molecule has 0 bridgehead atoms. The average Bonchev–Trinajstić information content (AvgIpc) is 2.26. The van der Waals surface area contributed by atoms with Crippen LogP contribution in [0.3, 0.4) is 0 Å². The minimum atomic E-state index is 0.160. The SMILES string of the molecule is CC1CCN(C(=O)N(C)CN(C)C)C(CN(C)C)C1. The van der Waals surface area contributed by atoms with Gasteiger partial charge in [-0.2, -0.15) is 0 Å². The molecule has 1 saturated heterocycles. The van der Waals surface area contributed by atoms with Crippen LogP contribution in [0.4, 0.5) is 4.79 Å². The summed E-state index contributed by atoms with van der Waals surface area (Å²) in [5.41, 5.74) is 0. The maximum Gasteiger partial charge on any atom is 0.321 e. The van der Waals surface area contributed by atoms with Crippen molar-refractivity contribution in [1.82, 2.24) is 19.6 Å². The molecule has 2 amide bonds. The van der Waals surface area contributed by atoms with E-state index in [1.54, 1.807) is 4.90 Å². The van der Waals surface area contributed by atoms with Crippen LogP contribution < -0.4 is 0 Å². The molecule has 0 radical (unpaired) electrons. The number of amides is 2. The number of likely N-dealkylation sites (N-methyl/N-ethyl adjacent to an activating group) is 1. The lowest BCUT2D eigenvalue weighted by atomic mass is 9.92. The van der Waals surface area contributed by atoms with Crippen LogP contribution in [0.1, 0.15) is 19.8 Å². The number of likely N-dealkylation sites (tertiary alicyclic amines) is 1. The molecule has 0 aromatic carbocycles. The van der Waals surface area contributed by atoms with E-state index in [1.807, 2.05) is 26.0 Å². The predicted molar refractivity (Wildman–Crippen MR) is 79.2 cm³/mol. The Bertz CT molecular complexity index is 291. The van der Waals surface area contributed by atoms with Crippen molar-refractivity contribution in [2.24, 2.45) is 5.92 Å². The molecule has 1 aliphatic heterocycles. The molecule has 1 rings (SSSR count). The van der Waals surface area contributed by atoms with Gasteiger partial charge in [0.15, 0.2) is 0 Å². The normalized spacial score (nSPS) is 24.1. The fourth-order valence-electron chi connectivity index (χ4n) is 2.80. The Hall–Kier alpha value is -0.810. The van der Waals surface area contributed by atoms with Gasteiger partial charge in [-0.15, -0.1) is 0 Å². The third kappa shape index (κ3) is 4.99. The molecule has 112 valence electrons. The van der Waals surface area contributed by atoms with Gasteiger partial charge in [0.2, 0.25) is 0 Å². The summed E-state index contributed by atoms with van der Waals surface area (Å²) >= 11 is 0. The number of hydrogen-bond donors (Lipinski definition) is 0. The predicted octanol–water partition coefficient (Wildman–Crippen LogP) is 1.22. The van der Waals surface area contributed by atoms with Crippen molar-refractivity contribution in [3.63, 3.8) is 0 Å². The summed E-state index contributed by atoms with van der Waals surface area (Å²) in [6.07, 6.45) is 2.23. The van der Waals surface area contributed by atoms with E-state index in [4.69, 9.17) is 0 Å². The summed E-state index contributed by atoms with van der Waals surface area (Å²) in [4.78, 5) is 20.6. The van der Waals surface area contributed by atoms with E-state index in [9.17, 15) is 4.79 Å². The first kappa shape index (κ1) is 16.2. The van der Waals surface area contributed by atoms with E-state index < -0.39 is 0 Å². The maximum atomic E-state index is 12.5. The van der Waals surface area contributed by atoms with E-state index in [0.29, 0.717) is 18.6 Å². The van der Waals surface area contributed by atoms with E-state index >= 15 is 0 Å². The first-order valence-corrected chi connectivity index (χ1v) is 7.12. The molecule has 0 N–H and O–H groups in total. The van der Waals surface area contributed by atoms with Crippen molar-refractivity contribution >= 4 is 6.03 Å². The Labute approximate surface area is 118 Å². The van der Waals surface area contributed by atoms with Gasteiger partial charge in [0.05, 0.1) is 6.67 Å². The molecule has 19 heavy (non-hydrogen) atoms. The second kappa shape index (κ2) is 7.10. The minimum Gasteiger partial charge on any atom is -0.320 e. The first-order valence-electron chi connectivity index (χ1n) is 7.12. The zero-order valence-electron chi connectivity index (χ0n) is 13.4. The average molecular weight is 270 g/mol. The highest BCUT2D eigenvalue weighted by Gasteiger charge is 2.31. The van der Waals surface area contributed by atoms with Gasteiger partial charge < -0.3 is 14.7 Å². The molecule has 5 heteroatoms. The van der Waals surface area contributed by atoms with E-state index in [2.05, 4.69) is 30.8 Å². The number of nitrogens with zero attached hydrogens (tertiary/aromatic N) is 4. The minimum absolute atomic E-state index is 0.160. The van der Waals surface area contributed by atoms with Crippen LogP contribution in [0, 0.1) is 5.92 Å². The fourth-order valence-corrected chi connectivity index (χ4v) is 2.80. The zero-order chi connectivity index (χ0) is 14.6. The molecule has 2 atom stereocenters. The van der Waals surface area contributed by atoms with E-state index in [-0.39, 0.29) is 6.03 Å². The van der Waals surface area contributed by atoms with E-state index in [0.717, 1.165) is 25.9 Å². The van der Waals surface area contributed by atoms with Crippen LogP contribution in [0.5, 0.6) is 0 Å². The number of rotatable bonds is 4. The van der Waals surface area contributed by atoms with Crippen molar-refractivity contribution in [1.29, 1.82) is 0 Å². The lowest BCUT2D eigenvalue weighted by Gasteiger charge is -2.41. The molecule has 0 aromatic heterocycles. The van der Waals surface area contributed by atoms with Gasteiger partial charge in [-0.25, -0.2) is 4.79 Å². The molecule has 5 nitrogen and oxygen atoms in total. The van der Waals surface area contributed by atoms with Crippen LogP contribution >= 0.6 is 0 Å². The third-order valence-electron chi connectivity index (χ3n) is 3.62. The smallest absolute Gasteiger partial charge is 0.320 e. The van der Waals surface area contributed by atoms with Crippen molar-refractivity contribution in [2.45, 2.75) is 25.8 Å². The fraction of sp³-hybridized carbons (Fsp3) is 0.929. The van der Waals surface area contributed by atoms with Crippen LogP contribution in [0.25, 0.3) is 0 Å². The summed E-state index contributed by atoms with van der Waals surface area (Å²) in [6, 6.07) is 0.503. The molecule has 0 aromatic rings. The second-order valence-electron chi connectivity index (χ2n) is 6.44. The molecular formula is C14H30N4O. The molecule has 0 saturated carbocycles. The molecule has 1 heterocycles. The lowest BCUT2D eigenvalue weighted by Crippen LogP contribution is -2.54. The van der Waals surface area contributed by atoms with Gasteiger partial charge >= 0.3 is 6.03 Å². The Balaban J connectivity index is 2.68. The van der Waals surface area contributed by atoms with Gasteiger partial charge in [0.1, 0.15) is 0 Å². The summed E-state index contributed by atoms with van der Waals surface area (Å²) in [6.45, 7) is 4.79. The van der Waals surface area contributed by atoms with Crippen molar-refractivity contribution in [2.75, 3.05) is 55.0 Å². The van der Waals surface area contributed by atoms with Crippen molar-refractivity contribution in [3.8, 4) is 0 Å². The standard InChI is InChI=1S/C14H30N4O/c1-12-7-8-18(13(9-12)10-15(2)3)14(19)17(6)11-16(4)5/h12-13H,7-11H2,1-6H3. The Morgan fingerprint density at radius 2 is 1.79 bits per heavy atom. The first-order chi connectivity index (χ1) is 8.81. The topological polar surface area (TPSA) is 30.0 Å². The summed E-state index contributed by atoms with van der Waals surface area (Å²) in [5.74, 6) is 0.716. The van der Waals surface area contributed by atoms with Gasteiger partial charge in [-0.1, -0.05) is 6.92 Å². The zero-order valence-corrected chi connectivity index (χ0v) is 13.4. The number of carbonyl (C=O) groups is 1. The van der Waals surface area contributed by atoms with Crippen LogP contribution in [-0.4, -0.2) is 86.7 Å². The highest BCUT2D eigenvalue weighted by atomic mass is 16.2. The highest BCUT2D eigenvalue weighted by Crippen LogP contribution is 2.23. The number of hydrogen-bond acceptors (Lipinski definition) is 3. The summed E-state index contributed by atoms with van der Waals surface area (Å²) in [7, 11) is 10.0. The Morgan fingerprint density at radius 1 is 1.16 bits per heavy atom. The molecular weight excluding hydrogens is 240 g/mol. The van der Waals surface area contributed by atoms with Crippen molar-refractivity contribution < 1.29 is 4.79 Å².